The zero-order chi connectivity index (χ0) is 17.6. The summed E-state index contributed by atoms with van der Waals surface area (Å²) < 4.78 is 0. The summed E-state index contributed by atoms with van der Waals surface area (Å²) in [5, 5.41) is 15.0. The Morgan fingerprint density at radius 1 is 1.20 bits per heavy atom. The van der Waals surface area contributed by atoms with Crippen LogP contribution in [0.2, 0.25) is 0 Å². The Bertz CT molecular complexity index is 753. The highest BCUT2D eigenvalue weighted by Gasteiger charge is 2.18. The van der Waals surface area contributed by atoms with E-state index >= 15 is 0 Å². The Kier molecular flexibility index (Phi) is 5.75. The van der Waals surface area contributed by atoms with Crippen LogP contribution in [-0.4, -0.2) is 28.1 Å². The number of aryl methyl sites for hydroxylation is 1. The highest BCUT2D eigenvalue weighted by atomic mass is 32.1. The maximum absolute atomic E-state index is 12.3. The molecule has 7 heteroatoms. The van der Waals surface area contributed by atoms with Gasteiger partial charge < -0.3 is 10.6 Å². The Morgan fingerprint density at radius 2 is 2.00 bits per heavy atom. The van der Waals surface area contributed by atoms with Gasteiger partial charge in [-0.05, 0) is 37.5 Å². The van der Waals surface area contributed by atoms with Gasteiger partial charge in [-0.1, -0.05) is 37.2 Å². The number of hydrogen-bond donors (Lipinski definition) is 2. The normalized spacial score (nSPS) is 14.4. The molecule has 0 unspecified atom stereocenters. The molecular formula is C18H22N4O2S. The van der Waals surface area contributed by atoms with Crippen LogP contribution in [0.15, 0.2) is 24.3 Å². The van der Waals surface area contributed by atoms with Crippen LogP contribution in [0, 0.1) is 0 Å². The van der Waals surface area contributed by atoms with E-state index in [1.807, 2.05) is 0 Å². The summed E-state index contributed by atoms with van der Waals surface area (Å²) in [6, 6.07) is 7.24. The van der Waals surface area contributed by atoms with Gasteiger partial charge in [0.25, 0.3) is 11.8 Å². The van der Waals surface area contributed by atoms with Crippen molar-refractivity contribution >= 4 is 28.8 Å². The van der Waals surface area contributed by atoms with Gasteiger partial charge in [-0.2, -0.15) is 0 Å². The number of anilines is 1. The second-order valence-electron chi connectivity index (χ2n) is 6.24. The van der Waals surface area contributed by atoms with Crippen LogP contribution in [0.25, 0.3) is 0 Å². The van der Waals surface area contributed by atoms with Gasteiger partial charge in [-0.15, -0.1) is 10.2 Å². The molecule has 1 aromatic heterocycles. The Morgan fingerprint density at radius 3 is 2.76 bits per heavy atom. The lowest BCUT2D eigenvalue weighted by Gasteiger charge is -2.12. The van der Waals surface area contributed by atoms with Crippen molar-refractivity contribution in [3.8, 4) is 0 Å². The average molecular weight is 358 g/mol. The van der Waals surface area contributed by atoms with Crippen LogP contribution in [0.1, 0.15) is 64.2 Å². The average Bonchev–Trinajstić information content (AvgIpc) is 3.27. The molecule has 2 amide bonds. The van der Waals surface area contributed by atoms with E-state index in [4.69, 9.17) is 0 Å². The quantitative estimate of drug-likeness (QED) is 0.829. The van der Waals surface area contributed by atoms with Crippen molar-refractivity contribution in [3.05, 3.63) is 39.8 Å². The first-order valence-corrected chi connectivity index (χ1v) is 9.52. The van der Waals surface area contributed by atoms with Crippen molar-refractivity contribution < 1.29 is 9.59 Å². The topological polar surface area (TPSA) is 84.0 Å². The predicted molar refractivity (Wildman–Crippen MR) is 98.0 cm³/mol. The van der Waals surface area contributed by atoms with Crippen LogP contribution in [0.5, 0.6) is 0 Å². The predicted octanol–water partition coefficient (Wildman–Crippen LogP) is 3.42. The van der Waals surface area contributed by atoms with E-state index in [9.17, 15) is 9.59 Å². The molecule has 1 fully saturated rings. The number of nitrogens with zero attached hydrogens (tertiary/aromatic N) is 2. The highest BCUT2D eigenvalue weighted by molar-refractivity contribution is 7.13. The number of nitrogens with one attached hydrogen (secondary N) is 2. The Hall–Kier alpha value is -2.28. The number of carbonyl (C=O) groups excluding carboxylic acids is 2. The van der Waals surface area contributed by atoms with E-state index in [2.05, 4.69) is 27.8 Å². The number of carbonyl (C=O) groups is 2. The molecule has 25 heavy (non-hydrogen) atoms. The monoisotopic (exact) mass is 358 g/mol. The minimum Gasteiger partial charge on any atom is -0.349 e. The maximum Gasteiger partial charge on any atom is 0.286 e. The standard InChI is InChI=1S/C18H22N4O2S/c1-2-6-15-21-22-18(25-15)17(24)20-14-10-5-7-12(11-14)16(23)19-13-8-3-4-9-13/h5,7,10-11,13H,2-4,6,8-9H2,1H3,(H,19,23)(H,20,24). The van der Waals surface area contributed by atoms with Gasteiger partial charge in [0.05, 0.1) is 0 Å². The third-order valence-corrected chi connectivity index (χ3v) is 5.18. The van der Waals surface area contributed by atoms with E-state index in [1.54, 1.807) is 24.3 Å². The molecule has 0 bridgehead atoms. The zero-order valence-electron chi connectivity index (χ0n) is 14.2. The summed E-state index contributed by atoms with van der Waals surface area (Å²) in [5.41, 5.74) is 1.13. The summed E-state index contributed by atoms with van der Waals surface area (Å²) in [6.07, 6.45) is 6.21. The molecule has 2 aromatic rings. The lowest BCUT2D eigenvalue weighted by molar-refractivity contribution is 0.0936. The van der Waals surface area contributed by atoms with Crippen LogP contribution < -0.4 is 10.6 Å². The minimum absolute atomic E-state index is 0.0934. The van der Waals surface area contributed by atoms with Crippen molar-refractivity contribution in [1.29, 1.82) is 0 Å². The van der Waals surface area contributed by atoms with Crippen molar-refractivity contribution in [2.75, 3.05) is 5.32 Å². The molecule has 1 aromatic carbocycles. The van der Waals surface area contributed by atoms with Crippen molar-refractivity contribution in [2.24, 2.45) is 0 Å². The first-order valence-electron chi connectivity index (χ1n) is 8.70. The van der Waals surface area contributed by atoms with Crippen LogP contribution in [0.4, 0.5) is 5.69 Å². The largest absolute Gasteiger partial charge is 0.349 e. The summed E-state index contributed by atoms with van der Waals surface area (Å²) in [4.78, 5) is 24.6. The van der Waals surface area contributed by atoms with Gasteiger partial charge in [0.1, 0.15) is 5.01 Å². The third-order valence-electron chi connectivity index (χ3n) is 4.20. The number of aromatic nitrogens is 2. The molecule has 0 aliphatic heterocycles. The molecule has 0 radical (unpaired) electrons. The molecular weight excluding hydrogens is 336 g/mol. The molecule has 132 valence electrons. The SMILES string of the molecule is CCCc1nnc(C(=O)Nc2cccc(C(=O)NC3CCCC3)c2)s1. The number of benzene rings is 1. The smallest absolute Gasteiger partial charge is 0.286 e. The van der Waals surface area contributed by atoms with E-state index in [0.29, 0.717) is 16.3 Å². The fourth-order valence-electron chi connectivity index (χ4n) is 2.92. The second kappa shape index (κ2) is 8.20. The number of rotatable bonds is 6. The maximum atomic E-state index is 12.3. The van der Waals surface area contributed by atoms with E-state index in [-0.39, 0.29) is 17.9 Å². The molecule has 0 atom stereocenters. The van der Waals surface area contributed by atoms with E-state index in [0.717, 1.165) is 30.7 Å². The summed E-state index contributed by atoms with van der Waals surface area (Å²) in [5.74, 6) is -0.391. The fraction of sp³-hybridized carbons (Fsp3) is 0.444. The molecule has 6 nitrogen and oxygen atoms in total. The summed E-state index contributed by atoms with van der Waals surface area (Å²) >= 11 is 1.30. The lowest BCUT2D eigenvalue weighted by Crippen LogP contribution is -2.32. The van der Waals surface area contributed by atoms with E-state index < -0.39 is 0 Å². The van der Waals surface area contributed by atoms with Gasteiger partial charge in [0.2, 0.25) is 5.01 Å². The minimum atomic E-state index is -0.298. The first kappa shape index (κ1) is 17.5. The summed E-state index contributed by atoms with van der Waals surface area (Å²) in [6.45, 7) is 2.06. The van der Waals surface area contributed by atoms with Gasteiger partial charge in [-0.3, -0.25) is 9.59 Å². The molecule has 1 aliphatic carbocycles. The van der Waals surface area contributed by atoms with Crippen molar-refractivity contribution in [1.82, 2.24) is 15.5 Å². The molecule has 1 aliphatic rings. The fourth-order valence-corrected chi connectivity index (χ4v) is 3.76. The van der Waals surface area contributed by atoms with Gasteiger partial charge in [-0.25, -0.2) is 0 Å². The van der Waals surface area contributed by atoms with Gasteiger partial charge in [0, 0.05) is 23.7 Å². The van der Waals surface area contributed by atoms with Gasteiger partial charge in [0.15, 0.2) is 0 Å². The molecule has 1 heterocycles. The Balaban J connectivity index is 1.64. The number of hydrogen-bond acceptors (Lipinski definition) is 5. The zero-order valence-corrected chi connectivity index (χ0v) is 15.1. The highest BCUT2D eigenvalue weighted by Crippen LogP contribution is 2.19. The lowest BCUT2D eigenvalue weighted by atomic mass is 10.1. The second-order valence-corrected chi connectivity index (χ2v) is 7.30. The number of amides is 2. The van der Waals surface area contributed by atoms with Crippen molar-refractivity contribution in [3.63, 3.8) is 0 Å². The molecule has 1 saturated carbocycles. The first-order chi connectivity index (χ1) is 12.2. The molecule has 0 saturated heterocycles. The molecule has 3 rings (SSSR count). The third kappa shape index (κ3) is 4.63. The Labute approximate surface area is 151 Å². The summed E-state index contributed by atoms with van der Waals surface area (Å²) in [7, 11) is 0. The van der Waals surface area contributed by atoms with Crippen molar-refractivity contribution in [2.45, 2.75) is 51.5 Å². The van der Waals surface area contributed by atoms with Crippen LogP contribution in [0.3, 0.4) is 0 Å². The van der Waals surface area contributed by atoms with Crippen LogP contribution >= 0.6 is 11.3 Å². The molecule has 0 spiro atoms. The molecule has 2 N–H and O–H groups in total. The van der Waals surface area contributed by atoms with Gasteiger partial charge >= 0.3 is 0 Å². The van der Waals surface area contributed by atoms with E-state index in [1.165, 1.54) is 24.2 Å². The van der Waals surface area contributed by atoms with Crippen LogP contribution in [-0.2, 0) is 6.42 Å².